The first-order valence-electron chi connectivity index (χ1n) is 5.20. The van der Waals surface area contributed by atoms with Crippen molar-refractivity contribution in [3.05, 3.63) is 45.9 Å². The van der Waals surface area contributed by atoms with Crippen LogP contribution in [0.25, 0.3) is 0 Å². The molecule has 3 N–H and O–H groups in total. The molecule has 84 valence electrons. The molecule has 2 aromatic rings. The highest BCUT2D eigenvalue weighted by Gasteiger charge is 1.98. The zero-order valence-corrected chi connectivity index (χ0v) is 10.1. The fourth-order valence-corrected chi connectivity index (χ4v) is 2.28. The van der Waals surface area contributed by atoms with Crippen molar-refractivity contribution in [3.63, 3.8) is 0 Å². The number of aryl methyl sites for hydroxylation is 1. The first-order valence-corrected chi connectivity index (χ1v) is 6.02. The Labute approximate surface area is 99.3 Å². The lowest BCUT2D eigenvalue weighted by Gasteiger charge is -2.03. The third kappa shape index (κ3) is 3.05. The maximum absolute atomic E-state index is 5.71. The molecule has 0 saturated carbocycles. The second-order valence-electron chi connectivity index (χ2n) is 3.69. The minimum Gasteiger partial charge on any atom is -0.399 e. The smallest absolute Gasteiger partial charge is 0.0897 e. The molecule has 0 aliphatic heterocycles. The van der Waals surface area contributed by atoms with E-state index in [1.165, 1.54) is 10.4 Å². The van der Waals surface area contributed by atoms with Gasteiger partial charge in [0.25, 0.3) is 0 Å². The molecule has 0 aliphatic carbocycles. The molecular formula is C12H15N3S. The number of nitrogens with zero attached hydrogens (tertiary/aromatic N) is 1. The number of nitrogens with two attached hydrogens (primary N) is 1. The molecule has 3 nitrogen and oxygen atoms in total. The van der Waals surface area contributed by atoms with Crippen LogP contribution in [0, 0.1) is 6.92 Å². The topological polar surface area (TPSA) is 50.9 Å². The summed E-state index contributed by atoms with van der Waals surface area (Å²) >= 11 is 1.73. The van der Waals surface area contributed by atoms with Crippen LogP contribution in [0.15, 0.2) is 30.5 Å². The highest BCUT2D eigenvalue weighted by molar-refractivity contribution is 7.11. The van der Waals surface area contributed by atoms with Crippen molar-refractivity contribution in [2.24, 2.45) is 0 Å². The minimum absolute atomic E-state index is 0.813. The van der Waals surface area contributed by atoms with Crippen molar-refractivity contribution in [1.82, 2.24) is 10.3 Å². The maximum Gasteiger partial charge on any atom is 0.0897 e. The Morgan fingerprint density at radius 1 is 1.38 bits per heavy atom. The van der Waals surface area contributed by atoms with Gasteiger partial charge in [-0.1, -0.05) is 12.1 Å². The summed E-state index contributed by atoms with van der Waals surface area (Å²) in [6, 6.07) is 7.94. The van der Waals surface area contributed by atoms with Gasteiger partial charge in [-0.15, -0.1) is 11.3 Å². The summed E-state index contributed by atoms with van der Waals surface area (Å²) in [4.78, 5) is 5.48. The highest BCUT2D eigenvalue weighted by Crippen LogP contribution is 2.11. The second-order valence-corrected chi connectivity index (χ2v) is 5.01. The first-order chi connectivity index (χ1) is 7.74. The van der Waals surface area contributed by atoms with Crippen LogP contribution in [0.2, 0.25) is 0 Å². The number of hydrogen-bond acceptors (Lipinski definition) is 4. The fraction of sp³-hybridized carbons (Fsp3) is 0.250. The van der Waals surface area contributed by atoms with Gasteiger partial charge in [-0.25, -0.2) is 4.98 Å². The van der Waals surface area contributed by atoms with Crippen LogP contribution in [-0.4, -0.2) is 4.98 Å². The van der Waals surface area contributed by atoms with Crippen molar-refractivity contribution < 1.29 is 0 Å². The van der Waals surface area contributed by atoms with Crippen LogP contribution < -0.4 is 11.1 Å². The van der Waals surface area contributed by atoms with E-state index in [1.54, 1.807) is 11.3 Å². The number of nitrogens with one attached hydrogen (secondary N) is 1. The predicted octanol–water partition coefficient (Wildman–Crippen LogP) is 2.32. The van der Waals surface area contributed by atoms with Crippen molar-refractivity contribution in [3.8, 4) is 0 Å². The fourth-order valence-electron chi connectivity index (χ4n) is 1.52. The third-order valence-corrected chi connectivity index (χ3v) is 3.16. The van der Waals surface area contributed by atoms with E-state index < -0.39 is 0 Å². The molecule has 0 amide bonds. The summed E-state index contributed by atoms with van der Waals surface area (Å²) in [5.74, 6) is 0. The van der Waals surface area contributed by atoms with E-state index in [9.17, 15) is 0 Å². The normalized spacial score (nSPS) is 10.6. The first kappa shape index (κ1) is 11.1. The molecule has 4 heteroatoms. The SMILES string of the molecule is Cc1ncc(CNCc2cccc(N)c2)s1. The minimum atomic E-state index is 0.813. The lowest BCUT2D eigenvalue weighted by atomic mass is 10.2. The van der Waals surface area contributed by atoms with Gasteiger partial charge in [0.1, 0.15) is 0 Å². The molecule has 0 aliphatic rings. The second kappa shape index (κ2) is 5.09. The Hall–Kier alpha value is -1.39. The number of thiazole rings is 1. The average Bonchev–Trinajstić information content (AvgIpc) is 2.64. The van der Waals surface area contributed by atoms with E-state index in [1.807, 2.05) is 31.3 Å². The molecule has 0 unspecified atom stereocenters. The van der Waals surface area contributed by atoms with Gasteiger partial charge in [-0.05, 0) is 24.6 Å². The average molecular weight is 233 g/mol. The largest absolute Gasteiger partial charge is 0.399 e. The summed E-state index contributed by atoms with van der Waals surface area (Å²) in [5, 5.41) is 4.49. The quantitative estimate of drug-likeness (QED) is 0.797. The van der Waals surface area contributed by atoms with Crippen LogP contribution >= 0.6 is 11.3 Å². The number of aromatic nitrogens is 1. The van der Waals surface area contributed by atoms with Crippen LogP contribution in [0.3, 0.4) is 0 Å². The van der Waals surface area contributed by atoms with E-state index in [4.69, 9.17) is 5.73 Å². The van der Waals surface area contributed by atoms with E-state index in [0.29, 0.717) is 0 Å². The molecule has 0 saturated heterocycles. The summed E-state index contributed by atoms with van der Waals surface area (Å²) in [6.45, 7) is 3.72. The standard InChI is InChI=1S/C12H15N3S/c1-9-15-8-12(16-9)7-14-6-10-3-2-4-11(13)5-10/h2-5,8,14H,6-7,13H2,1H3. The number of hydrogen-bond donors (Lipinski definition) is 2. The van der Waals surface area contributed by atoms with Gasteiger partial charge in [0, 0.05) is 29.9 Å². The van der Waals surface area contributed by atoms with Crippen LogP contribution in [0.4, 0.5) is 5.69 Å². The Bertz CT molecular complexity index is 465. The Balaban J connectivity index is 1.84. The van der Waals surface area contributed by atoms with Crippen LogP contribution in [0.5, 0.6) is 0 Å². The molecule has 0 radical (unpaired) electrons. The van der Waals surface area contributed by atoms with Gasteiger partial charge in [0.15, 0.2) is 0 Å². The van der Waals surface area contributed by atoms with E-state index >= 15 is 0 Å². The van der Waals surface area contributed by atoms with E-state index in [-0.39, 0.29) is 0 Å². The van der Waals surface area contributed by atoms with Crippen molar-refractivity contribution >= 4 is 17.0 Å². The maximum atomic E-state index is 5.71. The zero-order valence-electron chi connectivity index (χ0n) is 9.23. The lowest BCUT2D eigenvalue weighted by molar-refractivity contribution is 0.700. The predicted molar refractivity (Wildman–Crippen MR) is 68.2 cm³/mol. The van der Waals surface area contributed by atoms with E-state index in [0.717, 1.165) is 23.8 Å². The Morgan fingerprint density at radius 3 is 2.94 bits per heavy atom. The molecule has 0 bridgehead atoms. The number of nitrogen functional groups attached to an aromatic ring is 1. The Kier molecular flexibility index (Phi) is 3.54. The van der Waals surface area contributed by atoms with Crippen molar-refractivity contribution in [1.29, 1.82) is 0 Å². The van der Waals surface area contributed by atoms with Crippen molar-refractivity contribution in [2.75, 3.05) is 5.73 Å². The molecule has 16 heavy (non-hydrogen) atoms. The highest BCUT2D eigenvalue weighted by atomic mass is 32.1. The summed E-state index contributed by atoms with van der Waals surface area (Å²) in [5.41, 5.74) is 7.73. The summed E-state index contributed by atoms with van der Waals surface area (Å²) < 4.78 is 0. The zero-order chi connectivity index (χ0) is 11.4. The molecule has 1 aromatic heterocycles. The van der Waals surface area contributed by atoms with Gasteiger partial charge in [0.2, 0.25) is 0 Å². The van der Waals surface area contributed by atoms with Crippen LogP contribution in [0.1, 0.15) is 15.4 Å². The van der Waals surface area contributed by atoms with Gasteiger partial charge in [-0.3, -0.25) is 0 Å². The molecule has 0 fully saturated rings. The lowest BCUT2D eigenvalue weighted by Crippen LogP contribution is -2.11. The molecule has 2 rings (SSSR count). The van der Waals surface area contributed by atoms with Gasteiger partial charge in [-0.2, -0.15) is 0 Å². The summed E-state index contributed by atoms with van der Waals surface area (Å²) in [6.07, 6.45) is 1.92. The van der Waals surface area contributed by atoms with Gasteiger partial charge in [0.05, 0.1) is 5.01 Å². The number of rotatable bonds is 4. The van der Waals surface area contributed by atoms with E-state index in [2.05, 4.69) is 16.4 Å². The monoisotopic (exact) mass is 233 g/mol. The Morgan fingerprint density at radius 2 is 2.25 bits per heavy atom. The number of anilines is 1. The third-order valence-electron chi connectivity index (χ3n) is 2.25. The molecule has 1 heterocycles. The van der Waals surface area contributed by atoms with Crippen LogP contribution in [-0.2, 0) is 13.1 Å². The molecule has 0 spiro atoms. The number of benzene rings is 1. The van der Waals surface area contributed by atoms with Gasteiger partial charge < -0.3 is 11.1 Å². The molecule has 0 atom stereocenters. The molecular weight excluding hydrogens is 218 g/mol. The molecule has 1 aromatic carbocycles. The summed E-state index contributed by atoms with van der Waals surface area (Å²) in [7, 11) is 0. The van der Waals surface area contributed by atoms with Crippen molar-refractivity contribution in [2.45, 2.75) is 20.0 Å². The van der Waals surface area contributed by atoms with Gasteiger partial charge >= 0.3 is 0 Å².